The molecule has 0 aromatic rings. The van der Waals surface area contributed by atoms with Crippen LogP contribution in [0.2, 0.25) is 0 Å². The zero-order valence-corrected chi connectivity index (χ0v) is 11.3. The van der Waals surface area contributed by atoms with Gasteiger partial charge in [0.15, 0.2) is 0 Å². The van der Waals surface area contributed by atoms with Crippen LogP contribution in [0, 0.1) is 0 Å². The summed E-state index contributed by atoms with van der Waals surface area (Å²) in [6.45, 7) is 0. The van der Waals surface area contributed by atoms with Gasteiger partial charge in [0.2, 0.25) is 0 Å². The predicted molar refractivity (Wildman–Crippen MR) is 66.8 cm³/mol. The molecule has 19 heavy (non-hydrogen) atoms. The smallest absolute Gasteiger partial charge is 0.394 e. The zero-order chi connectivity index (χ0) is 14.6. The van der Waals surface area contributed by atoms with Crippen LogP contribution < -0.4 is 6.15 Å². The standard InChI is InChI=1S/C9H16O4.H3N.H2O4S/c10-8(11)6-4-2-1-3-5-7-9(12)13;;1-5(2,3)4/h1-7H2,(H,10,11)(H,12,13);1H3;(H2,1,2,3,4). The highest BCUT2D eigenvalue weighted by Crippen LogP contribution is 2.06. The Labute approximate surface area is 111 Å². The average molecular weight is 303 g/mol. The fourth-order valence-electron chi connectivity index (χ4n) is 1.08. The summed E-state index contributed by atoms with van der Waals surface area (Å²) in [7, 11) is -4.67. The van der Waals surface area contributed by atoms with E-state index in [1.54, 1.807) is 0 Å². The fourth-order valence-corrected chi connectivity index (χ4v) is 1.08. The molecule has 0 aliphatic carbocycles. The SMILES string of the molecule is N.O=C(O)CCCCCCCC(=O)O.O=S(=O)(O)O. The first-order valence-electron chi connectivity index (χ1n) is 5.26. The van der Waals surface area contributed by atoms with E-state index in [0.29, 0.717) is 12.8 Å². The lowest BCUT2D eigenvalue weighted by molar-refractivity contribution is -0.138. The van der Waals surface area contributed by atoms with Gasteiger partial charge in [-0.25, -0.2) is 0 Å². The van der Waals surface area contributed by atoms with Crippen molar-refractivity contribution in [3.8, 4) is 0 Å². The van der Waals surface area contributed by atoms with Gasteiger partial charge in [-0.3, -0.25) is 18.7 Å². The maximum atomic E-state index is 10.1. The van der Waals surface area contributed by atoms with Gasteiger partial charge < -0.3 is 16.4 Å². The molecule has 0 aromatic carbocycles. The maximum Gasteiger partial charge on any atom is 0.394 e. The minimum Gasteiger partial charge on any atom is -0.481 e. The van der Waals surface area contributed by atoms with Crippen LogP contribution in [0.1, 0.15) is 44.9 Å². The Morgan fingerprint density at radius 2 is 0.947 bits per heavy atom. The lowest BCUT2D eigenvalue weighted by Crippen LogP contribution is -1.95. The number of carbonyl (C=O) groups is 2. The Balaban J connectivity index is -0.000000366. The van der Waals surface area contributed by atoms with E-state index in [-0.39, 0.29) is 19.0 Å². The molecule has 0 saturated carbocycles. The summed E-state index contributed by atoms with van der Waals surface area (Å²) in [6, 6.07) is 0. The number of rotatable bonds is 8. The van der Waals surface area contributed by atoms with Crippen molar-refractivity contribution in [2.24, 2.45) is 0 Å². The quantitative estimate of drug-likeness (QED) is 0.326. The van der Waals surface area contributed by atoms with Crippen LogP contribution in [-0.2, 0) is 20.0 Å². The maximum absolute atomic E-state index is 10.1. The largest absolute Gasteiger partial charge is 0.481 e. The van der Waals surface area contributed by atoms with Crippen molar-refractivity contribution in [3.05, 3.63) is 0 Å². The molecule has 7 N–H and O–H groups in total. The van der Waals surface area contributed by atoms with Gasteiger partial charge in [-0.2, -0.15) is 8.42 Å². The number of unbranched alkanes of at least 4 members (excludes halogenated alkanes) is 4. The van der Waals surface area contributed by atoms with E-state index < -0.39 is 22.3 Å². The third-order valence-corrected chi connectivity index (χ3v) is 1.78. The molecule has 116 valence electrons. The molecule has 0 spiro atoms. The molecule has 0 rings (SSSR count). The Morgan fingerprint density at radius 3 is 1.16 bits per heavy atom. The second-order valence-electron chi connectivity index (χ2n) is 3.50. The van der Waals surface area contributed by atoms with Crippen LogP contribution in [0.15, 0.2) is 0 Å². The van der Waals surface area contributed by atoms with Gasteiger partial charge in [0.05, 0.1) is 0 Å². The number of aliphatic carboxylic acids is 2. The van der Waals surface area contributed by atoms with E-state index in [0.717, 1.165) is 19.3 Å². The molecular formula is C9H21NO8S. The molecule has 10 heteroatoms. The Kier molecular flexibility index (Phi) is 15.9. The summed E-state index contributed by atoms with van der Waals surface area (Å²) in [5.74, 6) is -1.52. The summed E-state index contributed by atoms with van der Waals surface area (Å²) in [6.07, 6.45) is 4.53. The first-order valence-corrected chi connectivity index (χ1v) is 6.66. The number of hydrogen-bond acceptors (Lipinski definition) is 5. The van der Waals surface area contributed by atoms with Gasteiger partial charge in [-0.1, -0.05) is 19.3 Å². The van der Waals surface area contributed by atoms with E-state index in [1.165, 1.54) is 0 Å². The Morgan fingerprint density at radius 1 is 0.737 bits per heavy atom. The molecule has 0 bridgehead atoms. The van der Waals surface area contributed by atoms with Gasteiger partial charge in [-0.15, -0.1) is 0 Å². The molecule has 0 unspecified atom stereocenters. The van der Waals surface area contributed by atoms with E-state index in [4.69, 9.17) is 27.7 Å². The lowest BCUT2D eigenvalue weighted by atomic mass is 10.1. The van der Waals surface area contributed by atoms with E-state index in [9.17, 15) is 9.59 Å². The van der Waals surface area contributed by atoms with Crippen molar-refractivity contribution in [1.82, 2.24) is 6.15 Å². The van der Waals surface area contributed by atoms with Gasteiger partial charge in [-0.05, 0) is 12.8 Å². The van der Waals surface area contributed by atoms with Crippen LogP contribution >= 0.6 is 0 Å². The van der Waals surface area contributed by atoms with Crippen molar-refractivity contribution in [1.29, 1.82) is 0 Å². The van der Waals surface area contributed by atoms with Crippen LogP contribution in [0.25, 0.3) is 0 Å². The minimum absolute atomic E-state index is 0. The second kappa shape index (κ2) is 13.2. The van der Waals surface area contributed by atoms with Crippen molar-refractivity contribution in [2.45, 2.75) is 44.9 Å². The van der Waals surface area contributed by atoms with E-state index >= 15 is 0 Å². The third-order valence-electron chi connectivity index (χ3n) is 1.78. The summed E-state index contributed by atoms with van der Waals surface area (Å²) in [5.41, 5.74) is 0. The predicted octanol–water partition coefficient (Wildman–Crippen LogP) is 1.40. The molecule has 0 amide bonds. The molecule has 0 aliphatic heterocycles. The highest BCUT2D eigenvalue weighted by atomic mass is 32.3. The molecule has 0 fully saturated rings. The molecule has 0 radical (unpaired) electrons. The number of hydrogen-bond donors (Lipinski definition) is 5. The Hall–Kier alpha value is -1.23. The monoisotopic (exact) mass is 303 g/mol. The first kappa shape index (κ1) is 22.9. The normalized spacial score (nSPS) is 9.79. The Bertz CT molecular complexity index is 314. The molecule has 9 nitrogen and oxygen atoms in total. The van der Waals surface area contributed by atoms with Crippen molar-refractivity contribution in [2.75, 3.05) is 0 Å². The van der Waals surface area contributed by atoms with E-state index in [1.807, 2.05) is 0 Å². The van der Waals surface area contributed by atoms with Crippen LogP contribution in [0.3, 0.4) is 0 Å². The second-order valence-corrected chi connectivity index (χ2v) is 4.40. The third kappa shape index (κ3) is 47.6. The summed E-state index contributed by atoms with van der Waals surface area (Å²) < 4.78 is 31.6. The highest BCUT2D eigenvalue weighted by molar-refractivity contribution is 7.79. The zero-order valence-electron chi connectivity index (χ0n) is 10.5. The molecule has 0 saturated heterocycles. The van der Waals surface area contributed by atoms with Gasteiger partial charge in [0.1, 0.15) is 0 Å². The fraction of sp³-hybridized carbons (Fsp3) is 0.778. The van der Waals surface area contributed by atoms with Crippen molar-refractivity contribution < 1.29 is 37.3 Å². The summed E-state index contributed by atoms with van der Waals surface area (Å²) >= 11 is 0. The van der Waals surface area contributed by atoms with Crippen molar-refractivity contribution in [3.63, 3.8) is 0 Å². The number of carboxylic acid groups (broad SMARTS) is 2. The van der Waals surface area contributed by atoms with Crippen LogP contribution in [0.5, 0.6) is 0 Å². The van der Waals surface area contributed by atoms with Crippen molar-refractivity contribution >= 4 is 22.3 Å². The minimum atomic E-state index is -4.67. The van der Waals surface area contributed by atoms with E-state index in [2.05, 4.69) is 0 Å². The van der Waals surface area contributed by atoms with Gasteiger partial charge >= 0.3 is 22.3 Å². The molecular weight excluding hydrogens is 282 g/mol. The van der Waals surface area contributed by atoms with Gasteiger partial charge in [0, 0.05) is 12.8 Å². The van der Waals surface area contributed by atoms with Gasteiger partial charge in [0.25, 0.3) is 0 Å². The lowest BCUT2D eigenvalue weighted by Gasteiger charge is -1.97. The first-order chi connectivity index (χ1) is 8.13. The number of carboxylic acids is 2. The molecule has 0 heterocycles. The molecule has 0 atom stereocenters. The molecule has 0 aromatic heterocycles. The topological polar surface area (TPSA) is 184 Å². The summed E-state index contributed by atoms with van der Waals surface area (Å²) in [4.78, 5) is 20.2. The highest BCUT2D eigenvalue weighted by Gasteiger charge is 1.98. The molecule has 0 aliphatic rings. The average Bonchev–Trinajstić information content (AvgIpc) is 2.12. The van der Waals surface area contributed by atoms with Crippen LogP contribution in [-0.4, -0.2) is 39.7 Å². The van der Waals surface area contributed by atoms with Crippen LogP contribution in [0.4, 0.5) is 0 Å². The summed E-state index contributed by atoms with van der Waals surface area (Å²) in [5, 5.41) is 16.6.